The Morgan fingerprint density at radius 3 is 2.78 bits per heavy atom. The Labute approximate surface area is 135 Å². The molecule has 2 saturated heterocycles. The number of anilines is 1. The molecule has 2 fully saturated rings. The van der Waals surface area contributed by atoms with Gasteiger partial charge in [-0.25, -0.2) is 0 Å². The molecule has 0 saturated carbocycles. The molecule has 0 unspecified atom stereocenters. The minimum absolute atomic E-state index is 0.0423. The van der Waals surface area contributed by atoms with Crippen LogP contribution >= 0.6 is 0 Å². The van der Waals surface area contributed by atoms with Gasteiger partial charge in [0.2, 0.25) is 0 Å². The van der Waals surface area contributed by atoms with Gasteiger partial charge in [-0.15, -0.1) is 0 Å². The van der Waals surface area contributed by atoms with Crippen LogP contribution in [0.4, 0.5) is 5.69 Å². The van der Waals surface area contributed by atoms with Crippen LogP contribution in [-0.2, 0) is 16.1 Å². The number of amides is 1. The lowest BCUT2D eigenvalue weighted by Gasteiger charge is -2.36. The lowest BCUT2D eigenvalue weighted by atomic mass is 10.1. The maximum Gasteiger partial charge on any atom is 0.253 e. The molecule has 2 atom stereocenters. The lowest BCUT2D eigenvalue weighted by Crippen LogP contribution is -2.54. The van der Waals surface area contributed by atoms with Crippen molar-refractivity contribution >= 4 is 11.6 Å². The number of ether oxygens (including phenoxy) is 1. The Morgan fingerprint density at radius 1 is 1.13 bits per heavy atom. The Balaban J connectivity index is 1.53. The molecule has 2 aromatic rings. The van der Waals surface area contributed by atoms with Gasteiger partial charge in [-0.1, -0.05) is 24.3 Å². The van der Waals surface area contributed by atoms with E-state index in [2.05, 4.69) is 16.0 Å². The number of pyridine rings is 1. The van der Waals surface area contributed by atoms with Crippen molar-refractivity contribution in [2.24, 2.45) is 0 Å². The second-order valence-electron chi connectivity index (χ2n) is 6.07. The van der Waals surface area contributed by atoms with Crippen molar-refractivity contribution in [2.75, 3.05) is 24.6 Å². The molecule has 1 aromatic heterocycles. The largest absolute Gasteiger partial charge is 0.365 e. The third kappa shape index (κ3) is 2.85. The molecule has 3 heterocycles. The molecule has 0 bridgehead atoms. The monoisotopic (exact) mass is 309 g/mol. The van der Waals surface area contributed by atoms with Gasteiger partial charge in [-0.3, -0.25) is 14.7 Å². The van der Waals surface area contributed by atoms with Crippen molar-refractivity contribution in [2.45, 2.75) is 18.7 Å². The summed E-state index contributed by atoms with van der Waals surface area (Å²) in [7, 11) is 0. The summed E-state index contributed by atoms with van der Waals surface area (Å²) in [6.45, 7) is 2.66. The number of para-hydroxylation sites is 1. The maximum atomic E-state index is 12.4. The lowest BCUT2D eigenvalue weighted by molar-refractivity contribution is -0.130. The first-order chi connectivity index (χ1) is 11.3. The maximum absolute atomic E-state index is 12.4. The molecule has 1 amide bonds. The fraction of sp³-hybridized carbons (Fsp3) is 0.333. The van der Waals surface area contributed by atoms with Crippen molar-refractivity contribution in [1.82, 2.24) is 9.88 Å². The Hall–Kier alpha value is -2.24. The van der Waals surface area contributed by atoms with Crippen LogP contribution in [0.25, 0.3) is 0 Å². The van der Waals surface area contributed by atoms with Crippen LogP contribution in [0.1, 0.15) is 5.56 Å². The van der Waals surface area contributed by atoms with Crippen molar-refractivity contribution in [1.29, 1.82) is 0 Å². The van der Waals surface area contributed by atoms with Gasteiger partial charge in [-0.2, -0.15) is 0 Å². The molecular weight excluding hydrogens is 290 g/mol. The summed E-state index contributed by atoms with van der Waals surface area (Å²) in [6, 6.07) is 14.0. The molecule has 5 heteroatoms. The summed E-state index contributed by atoms with van der Waals surface area (Å²) in [6.07, 6.45) is 3.75. The molecule has 118 valence electrons. The molecule has 1 aromatic carbocycles. The van der Waals surface area contributed by atoms with Crippen LogP contribution in [0.2, 0.25) is 0 Å². The minimum Gasteiger partial charge on any atom is -0.365 e. The van der Waals surface area contributed by atoms with Crippen LogP contribution in [0, 0.1) is 0 Å². The van der Waals surface area contributed by atoms with E-state index in [0.717, 1.165) is 25.3 Å². The van der Waals surface area contributed by atoms with Gasteiger partial charge in [0.25, 0.3) is 5.91 Å². The molecule has 2 aliphatic rings. The fourth-order valence-corrected chi connectivity index (χ4v) is 3.48. The summed E-state index contributed by atoms with van der Waals surface area (Å²) in [5.74, 6) is 0.0423. The van der Waals surface area contributed by atoms with E-state index >= 15 is 0 Å². The Kier molecular flexibility index (Phi) is 3.81. The van der Waals surface area contributed by atoms with Crippen LogP contribution in [0.5, 0.6) is 0 Å². The average molecular weight is 309 g/mol. The van der Waals surface area contributed by atoms with E-state index < -0.39 is 0 Å². The topological polar surface area (TPSA) is 45.7 Å². The SMILES string of the molecule is O=C1CO[C@H]2CN(Cc3cccnc3)C[C@H]2N1c1ccccc1. The number of carbonyl (C=O) groups excluding carboxylic acids is 1. The molecule has 0 N–H and O–H groups in total. The first kappa shape index (κ1) is 14.4. The van der Waals surface area contributed by atoms with Gasteiger partial charge in [0.05, 0.1) is 12.1 Å². The van der Waals surface area contributed by atoms with Crippen LogP contribution < -0.4 is 4.90 Å². The Bertz CT molecular complexity index is 677. The smallest absolute Gasteiger partial charge is 0.253 e. The van der Waals surface area contributed by atoms with E-state index in [1.807, 2.05) is 47.5 Å². The molecule has 4 rings (SSSR count). The molecule has 0 radical (unpaired) electrons. The van der Waals surface area contributed by atoms with Gasteiger partial charge in [0.1, 0.15) is 6.61 Å². The molecule has 0 spiro atoms. The average Bonchev–Trinajstić information content (AvgIpc) is 2.99. The first-order valence-corrected chi connectivity index (χ1v) is 7.91. The number of fused-ring (bicyclic) bond motifs is 1. The number of carbonyl (C=O) groups is 1. The molecular formula is C18H19N3O2. The summed E-state index contributed by atoms with van der Waals surface area (Å²) < 4.78 is 5.79. The van der Waals surface area contributed by atoms with Gasteiger partial charge in [-0.05, 0) is 23.8 Å². The highest BCUT2D eigenvalue weighted by atomic mass is 16.5. The minimum atomic E-state index is 0.0423. The van der Waals surface area contributed by atoms with Crippen molar-refractivity contribution < 1.29 is 9.53 Å². The van der Waals surface area contributed by atoms with Crippen molar-refractivity contribution in [3.05, 3.63) is 60.4 Å². The summed E-state index contributed by atoms with van der Waals surface area (Å²) in [5, 5.41) is 0. The number of benzene rings is 1. The molecule has 2 aliphatic heterocycles. The molecule has 5 nitrogen and oxygen atoms in total. The number of morpholine rings is 1. The van der Waals surface area contributed by atoms with Gasteiger partial charge in [0, 0.05) is 37.7 Å². The van der Waals surface area contributed by atoms with Gasteiger partial charge < -0.3 is 9.64 Å². The predicted molar refractivity (Wildman–Crippen MR) is 87.0 cm³/mol. The zero-order chi connectivity index (χ0) is 15.6. The zero-order valence-electron chi connectivity index (χ0n) is 12.8. The van der Waals surface area contributed by atoms with E-state index in [4.69, 9.17) is 4.74 Å². The quantitative estimate of drug-likeness (QED) is 0.866. The first-order valence-electron chi connectivity index (χ1n) is 7.91. The third-order valence-electron chi connectivity index (χ3n) is 4.50. The second kappa shape index (κ2) is 6.10. The zero-order valence-corrected chi connectivity index (χ0v) is 12.8. The third-order valence-corrected chi connectivity index (χ3v) is 4.50. The Morgan fingerprint density at radius 2 is 2.00 bits per heavy atom. The van der Waals surface area contributed by atoms with Gasteiger partial charge >= 0.3 is 0 Å². The van der Waals surface area contributed by atoms with Crippen molar-refractivity contribution in [3.8, 4) is 0 Å². The van der Waals surface area contributed by atoms with Crippen LogP contribution in [0.3, 0.4) is 0 Å². The summed E-state index contributed by atoms with van der Waals surface area (Å²) in [4.78, 5) is 20.8. The van der Waals surface area contributed by atoms with E-state index in [9.17, 15) is 4.79 Å². The number of nitrogens with zero attached hydrogens (tertiary/aromatic N) is 3. The van der Waals surface area contributed by atoms with E-state index in [0.29, 0.717) is 0 Å². The highest BCUT2D eigenvalue weighted by Gasteiger charge is 2.43. The number of aromatic nitrogens is 1. The highest BCUT2D eigenvalue weighted by molar-refractivity contribution is 5.95. The number of hydrogen-bond acceptors (Lipinski definition) is 4. The van der Waals surface area contributed by atoms with Crippen molar-refractivity contribution in [3.63, 3.8) is 0 Å². The fourth-order valence-electron chi connectivity index (χ4n) is 3.48. The van der Waals surface area contributed by atoms with E-state index in [-0.39, 0.29) is 24.7 Å². The number of hydrogen-bond donors (Lipinski definition) is 0. The number of likely N-dealkylation sites (tertiary alicyclic amines) is 1. The standard InChI is InChI=1S/C18H19N3O2/c22-18-13-23-17-12-20(10-14-5-4-8-19-9-14)11-16(17)21(18)15-6-2-1-3-7-15/h1-9,16-17H,10-13H2/t16-,17+/m1/s1. The van der Waals surface area contributed by atoms with Crippen LogP contribution in [0.15, 0.2) is 54.9 Å². The highest BCUT2D eigenvalue weighted by Crippen LogP contribution is 2.29. The second-order valence-corrected chi connectivity index (χ2v) is 6.07. The van der Waals surface area contributed by atoms with Gasteiger partial charge in [0.15, 0.2) is 0 Å². The van der Waals surface area contributed by atoms with E-state index in [1.165, 1.54) is 5.56 Å². The summed E-state index contributed by atoms with van der Waals surface area (Å²) >= 11 is 0. The normalized spacial score (nSPS) is 24.7. The van der Waals surface area contributed by atoms with E-state index in [1.54, 1.807) is 6.20 Å². The molecule has 23 heavy (non-hydrogen) atoms. The summed E-state index contributed by atoms with van der Waals surface area (Å²) in [5.41, 5.74) is 2.14. The number of rotatable bonds is 3. The predicted octanol–water partition coefficient (Wildman–Crippen LogP) is 1.70. The van der Waals surface area contributed by atoms with Crippen LogP contribution in [-0.4, -0.2) is 47.6 Å². The molecule has 0 aliphatic carbocycles.